The van der Waals surface area contributed by atoms with Crippen molar-refractivity contribution >= 4 is 23.2 Å². The number of carbonyl (C=O) groups is 2. The van der Waals surface area contributed by atoms with E-state index in [1.54, 1.807) is 11.1 Å². The first-order chi connectivity index (χ1) is 14.2. The van der Waals surface area contributed by atoms with Crippen molar-refractivity contribution < 1.29 is 14.0 Å². The Balaban J connectivity index is 1.23. The van der Waals surface area contributed by atoms with Crippen LogP contribution in [-0.2, 0) is 9.59 Å². The summed E-state index contributed by atoms with van der Waals surface area (Å²) in [5.41, 5.74) is 2.45. The first kappa shape index (κ1) is 17.7. The summed E-state index contributed by atoms with van der Waals surface area (Å²) >= 11 is 0. The molecule has 1 unspecified atom stereocenters. The zero-order valence-electron chi connectivity index (χ0n) is 15.9. The van der Waals surface area contributed by atoms with Crippen LogP contribution in [0.25, 0.3) is 11.3 Å². The van der Waals surface area contributed by atoms with E-state index < -0.39 is 0 Å². The second kappa shape index (κ2) is 7.20. The fraction of sp³-hybridized carbons (Fsp3) is 0.261. The third-order valence-corrected chi connectivity index (χ3v) is 5.45. The van der Waals surface area contributed by atoms with Gasteiger partial charge in [0.25, 0.3) is 0 Å². The van der Waals surface area contributed by atoms with E-state index in [1.807, 2.05) is 54.6 Å². The number of carbonyl (C=O) groups excluding carboxylic acids is 2. The normalized spacial score (nSPS) is 18.8. The number of rotatable bonds is 5. The quantitative estimate of drug-likeness (QED) is 0.712. The molecule has 1 N–H and O–H groups in total. The zero-order chi connectivity index (χ0) is 19.8. The number of benzene rings is 2. The summed E-state index contributed by atoms with van der Waals surface area (Å²) in [4.78, 5) is 31.0. The Labute approximate surface area is 168 Å². The fourth-order valence-corrected chi connectivity index (χ4v) is 3.64. The van der Waals surface area contributed by atoms with Crippen molar-refractivity contribution in [2.24, 2.45) is 5.92 Å². The molecule has 6 heteroatoms. The van der Waals surface area contributed by atoms with Gasteiger partial charge in [-0.1, -0.05) is 18.2 Å². The molecule has 2 aromatic carbocycles. The molecule has 6 nitrogen and oxygen atoms in total. The van der Waals surface area contributed by atoms with Gasteiger partial charge in [-0.2, -0.15) is 0 Å². The number of hydrogen-bond donors (Lipinski definition) is 1. The summed E-state index contributed by atoms with van der Waals surface area (Å²) in [6.07, 6.45) is 4.27. The van der Waals surface area contributed by atoms with Crippen LogP contribution in [0.2, 0.25) is 0 Å². The topological polar surface area (TPSA) is 75.4 Å². The van der Waals surface area contributed by atoms with Crippen molar-refractivity contribution in [1.82, 2.24) is 4.98 Å². The van der Waals surface area contributed by atoms with Crippen LogP contribution in [-0.4, -0.2) is 23.3 Å². The predicted octanol–water partition coefficient (Wildman–Crippen LogP) is 4.21. The Bertz CT molecular complexity index is 1040. The molecule has 146 valence electrons. The first-order valence-electron chi connectivity index (χ1n) is 9.90. The Hall–Kier alpha value is -3.41. The van der Waals surface area contributed by atoms with E-state index >= 15 is 0 Å². The minimum Gasteiger partial charge on any atom is -0.440 e. The lowest BCUT2D eigenvalue weighted by atomic mass is 10.1. The molecule has 2 heterocycles. The maximum absolute atomic E-state index is 12.7. The fourth-order valence-electron chi connectivity index (χ4n) is 3.64. The zero-order valence-corrected chi connectivity index (χ0v) is 15.9. The van der Waals surface area contributed by atoms with Crippen molar-refractivity contribution in [3.8, 4) is 11.3 Å². The molecule has 1 saturated heterocycles. The molecular formula is C23H21N3O3. The number of aromatic nitrogens is 1. The summed E-state index contributed by atoms with van der Waals surface area (Å²) in [6.45, 7) is 0.398. The summed E-state index contributed by atoms with van der Waals surface area (Å²) < 4.78 is 5.82. The lowest BCUT2D eigenvalue weighted by Crippen LogP contribution is -2.28. The van der Waals surface area contributed by atoms with Crippen LogP contribution < -0.4 is 10.2 Å². The molecule has 29 heavy (non-hydrogen) atoms. The van der Waals surface area contributed by atoms with Gasteiger partial charge in [-0.05, 0) is 49.2 Å². The summed E-state index contributed by atoms with van der Waals surface area (Å²) in [5, 5.41) is 2.92. The van der Waals surface area contributed by atoms with Gasteiger partial charge in [0, 0.05) is 35.8 Å². The van der Waals surface area contributed by atoms with E-state index in [0.717, 1.165) is 35.7 Å². The van der Waals surface area contributed by atoms with Crippen molar-refractivity contribution in [3.05, 3.63) is 66.7 Å². The van der Waals surface area contributed by atoms with Crippen molar-refractivity contribution in [2.75, 3.05) is 16.8 Å². The highest BCUT2D eigenvalue weighted by molar-refractivity contribution is 6.03. The number of anilines is 2. The van der Waals surface area contributed by atoms with Gasteiger partial charge >= 0.3 is 0 Å². The van der Waals surface area contributed by atoms with E-state index in [2.05, 4.69) is 10.3 Å². The van der Waals surface area contributed by atoms with E-state index in [0.29, 0.717) is 18.2 Å². The molecule has 0 spiro atoms. The molecule has 1 aliphatic carbocycles. The number of oxazole rings is 1. The minimum atomic E-state index is -0.363. The second-order valence-electron chi connectivity index (χ2n) is 7.64. The smallest absolute Gasteiger partial charge is 0.229 e. The molecule has 1 aromatic heterocycles. The molecule has 2 fully saturated rings. The highest BCUT2D eigenvalue weighted by atomic mass is 16.4. The van der Waals surface area contributed by atoms with Crippen LogP contribution >= 0.6 is 0 Å². The van der Waals surface area contributed by atoms with Gasteiger partial charge < -0.3 is 14.6 Å². The highest BCUT2D eigenvalue weighted by Crippen LogP contribution is 2.40. The number of amides is 2. The maximum Gasteiger partial charge on any atom is 0.229 e. The lowest BCUT2D eigenvalue weighted by Gasteiger charge is -2.16. The third-order valence-electron chi connectivity index (χ3n) is 5.45. The second-order valence-corrected chi connectivity index (χ2v) is 7.64. The number of nitrogens with zero attached hydrogens (tertiary/aromatic N) is 2. The average Bonchev–Trinajstić information content (AvgIpc) is 3.34. The average molecular weight is 387 g/mol. The standard InChI is InChI=1S/C23H21N3O3/c27-21-12-17(14-26(21)19-4-2-1-3-5-19)22(28)25-18-10-8-15(9-11-18)20-13-24-23(29-20)16-6-7-16/h1-5,8-11,13,16-17H,6-7,12,14H2,(H,25,28). The lowest BCUT2D eigenvalue weighted by molar-refractivity contribution is -0.122. The van der Waals surface area contributed by atoms with Gasteiger partial charge in [0.05, 0.1) is 12.1 Å². The Morgan fingerprint density at radius 1 is 1.07 bits per heavy atom. The van der Waals surface area contributed by atoms with E-state index in [9.17, 15) is 9.59 Å². The van der Waals surface area contributed by atoms with Gasteiger partial charge in [0.2, 0.25) is 11.8 Å². The largest absolute Gasteiger partial charge is 0.440 e. The van der Waals surface area contributed by atoms with Crippen LogP contribution in [0.3, 0.4) is 0 Å². The Morgan fingerprint density at radius 2 is 1.83 bits per heavy atom. The van der Waals surface area contributed by atoms with Crippen LogP contribution in [0.4, 0.5) is 11.4 Å². The molecule has 1 aliphatic heterocycles. The molecule has 1 saturated carbocycles. The van der Waals surface area contributed by atoms with E-state index in [4.69, 9.17) is 4.42 Å². The summed E-state index contributed by atoms with van der Waals surface area (Å²) in [7, 11) is 0. The van der Waals surface area contributed by atoms with Gasteiger partial charge in [-0.15, -0.1) is 0 Å². The van der Waals surface area contributed by atoms with Crippen molar-refractivity contribution in [2.45, 2.75) is 25.2 Å². The van der Waals surface area contributed by atoms with E-state index in [1.165, 1.54) is 0 Å². The molecule has 2 aliphatic rings. The SMILES string of the molecule is O=C(Nc1ccc(-c2cnc(C3CC3)o2)cc1)C1CC(=O)N(c2ccccc2)C1. The molecule has 2 amide bonds. The molecule has 3 aromatic rings. The summed E-state index contributed by atoms with van der Waals surface area (Å²) in [5.74, 6) is 1.50. The number of hydrogen-bond acceptors (Lipinski definition) is 4. The molecule has 0 radical (unpaired) electrons. The first-order valence-corrected chi connectivity index (χ1v) is 9.90. The van der Waals surface area contributed by atoms with Gasteiger partial charge in [-0.25, -0.2) is 4.98 Å². The number of para-hydroxylation sites is 1. The molecular weight excluding hydrogens is 366 g/mol. The molecule has 0 bridgehead atoms. The summed E-state index contributed by atoms with van der Waals surface area (Å²) in [6, 6.07) is 17.0. The van der Waals surface area contributed by atoms with Gasteiger partial charge in [0.1, 0.15) is 0 Å². The van der Waals surface area contributed by atoms with E-state index in [-0.39, 0.29) is 24.2 Å². The minimum absolute atomic E-state index is 0.0246. The van der Waals surface area contributed by atoms with Crippen LogP contribution in [0.15, 0.2) is 65.2 Å². The highest BCUT2D eigenvalue weighted by Gasteiger charge is 2.35. The van der Waals surface area contributed by atoms with Crippen molar-refractivity contribution in [1.29, 1.82) is 0 Å². The molecule has 1 atom stereocenters. The predicted molar refractivity (Wildman–Crippen MR) is 109 cm³/mol. The monoisotopic (exact) mass is 387 g/mol. The van der Waals surface area contributed by atoms with Gasteiger partial charge in [-0.3, -0.25) is 9.59 Å². The van der Waals surface area contributed by atoms with Crippen LogP contribution in [0.1, 0.15) is 31.1 Å². The molecule has 5 rings (SSSR count). The maximum atomic E-state index is 12.7. The van der Waals surface area contributed by atoms with Crippen LogP contribution in [0.5, 0.6) is 0 Å². The Morgan fingerprint density at radius 3 is 2.55 bits per heavy atom. The van der Waals surface area contributed by atoms with Crippen molar-refractivity contribution in [3.63, 3.8) is 0 Å². The van der Waals surface area contributed by atoms with Crippen LogP contribution in [0, 0.1) is 5.92 Å². The third kappa shape index (κ3) is 3.66. The Kier molecular flexibility index (Phi) is 4.39. The van der Waals surface area contributed by atoms with Gasteiger partial charge in [0.15, 0.2) is 11.7 Å². The number of nitrogens with one attached hydrogen (secondary N) is 1.